The van der Waals surface area contributed by atoms with Gasteiger partial charge in [-0.3, -0.25) is 0 Å². The van der Waals surface area contributed by atoms with E-state index in [0.717, 1.165) is 11.6 Å². The van der Waals surface area contributed by atoms with Crippen LogP contribution < -0.4 is 5.32 Å². The van der Waals surface area contributed by atoms with E-state index >= 15 is 0 Å². The Hall–Kier alpha value is -2.87. The van der Waals surface area contributed by atoms with Gasteiger partial charge >= 0.3 is 6.18 Å². The van der Waals surface area contributed by atoms with Crippen molar-refractivity contribution in [3.8, 4) is 11.5 Å². The van der Waals surface area contributed by atoms with Gasteiger partial charge in [-0.25, -0.2) is 9.97 Å². The summed E-state index contributed by atoms with van der Waals surface area (Å²) in [7, 11) is 0. The molecule has 0 atom stereocenters. The molecule has 0 unspecified atom stereocenters. The van der Waals surface area contributed by atoms with Crippen LogP contribution >= 0.6 is 0 Å². The predicted octanol–water partition coefficient (Wildman–Crippen LogP) is 3.86. The van der Waals surface area contributed by atoms with Gasteiger partial charge in [0.2, 0.25) is 5.95 Å². The van der Waals surface area contributed by atoms with Gasteiger partial charge in [-0.1, -0.05) is 24.3 Å². The number of benzene rings is 1. The second kappa shape index (κ2) is 6.94. The Morgan fingerprint density at radius 3 is 2.52 bits per heavy atom. The maximum atomic E-state index is 13.1. The van der Waals surface area contributed by atoms with Crippen molar-refractivity contribution in [2.24, 2.45) is 0 Å². The third-order valence-electron chi connectivity index (χ3n) is 3.41. The SMILES string of the molecule is OCc1cccc(CNc2nc(-c3ccco3)cc(C(F)(F)F)n2)c1. The molecule has 0 spiro atoms. The highest BCUT2D eigenvalue weighted by Gasteiger charge is 2.34. The number of aliphatic hydroxyl groups is 1. The molecule has 2 heterocycles. The molecule has 0 aliphatic carbocycles. The van der Waals surface area contributed by atoms with Crippen LogP contribution in [-0.2, 0) is 19.3 Å². The zero-order valence-electron chi connectivity index (χ0n) is 12.9. The minimum absolute atomic E-state index is 0.0407. The van der Waals surface area contributed by atoms with Crippen LogP contribution in [0.5, 0.6) is 0 Å². The number of alkyl halides is 3. The Kier molecular flexibility index (Phi) is 4.71. The molecule has 0 radical (unpaired) electrons. The Bertz CT molecular complexity index is 849. The quantitative estimate of drug-likeness (QED) is 0.732. The van der Waals surface area contributed by atoms with Crippen molar-refractivity contribution in [2.45, 2.75) is 19.3 Å². The third-order valence-corrected chi connectivity index (χ3v) is 3.41. The molecule has 1 aromatic carbocycles. The zero-order valence-corrected chi connectivity index (χ0v) is 12.9. The second-order valence-corrected chi connectivity index (χ2v) is 5.27. The van der Waals surface area contributed by atoms with Crippen LogP contribution in [0.15, 0.2) is 53.1 Å². The molecule has 0 aliphatic heterocycles. The highest BCUT2D eigenvalue weighted by molar-refractivity contribution is 5.54. The molecule has 0 aliphatic rings. The molecule has 3 rings (SSSR count). The van der Waals surface area contributed by atoms with E-state index in [1.165, 1.54) is 12.3 Å². The Morgan fingerprint density at radius 2 is 1.84 bits per heavy atom. The van der Waals surface area contributed by atoms with E-state index in [1.54, 1.807) is 30.3 Å². The summed E-state index contributed by atoms with van der Waals surface area (Å²) in [4.78, 5) is 7.62. The number of nitrogens with zero attached hydrogens (tertiary/aromatic N) is 2. The molecule has 2 N–H and O–H groups in total. The molecule has 130 valence electrons. The summed E-state index contributed by atoms with van der Waals surface area (Å²) in [5, 5.41) is 11.9. The first kappa shape index (κ1) is 17.0. The van der Waals surface area contributed by atoms with Crippen LogP contribution in [-0.4, -0.2) is 15.1 Å². The summed E-state index contributed by atoms with van der Waals surface area (Å²) in [6.07, 6.45) is -3.24. The van der Waals surface area contributed by atoms with E-state index in [2.05, 4.69) is 15.3 Å². The number of nitrogens with one attached hydrogen (secondary N) is 1. The standard InChI is InChI=1S/C17H14F3N3O2/c18-17(19,20)15-8-13(14-5-2-6-25-14)22-16(23-15)21-9-11-3-1-4-12(7-11)10-24/h1-8,24H,9-10H2,(H,21,22,23). The molecule has 2 aromatic heterocycles. The van der Waals surface area contributed by atoms with Gasteiger partial charge in [0.1, 0.15) is 5.69 Å². The van der Waals surface area contributed by atoms with Crippen molar-refractivity contribution < 1.29 is 22.7 Å². The molecule has 0 amide bonds. The largest absolute Gasteiger partial charge is 0.463 e. The van der Waals surface area contributed by atoms with Crippen molar-refractivity contribution in [1.82, 2.24) is 9.97 Å². The molecule has 0 fully saturated rings. The average molecular weight is 349 g/mol. The molecule has 0 saturated carbocycles. The number of aliphatic hydroxyl groups excluding tert-OH is 1. The topological polar surface area (TPSA) is 71.2 Å². The number of anilines is 1. The first-order chi connectivity index (χ1) is 12.0. The predicted molar refractivity (Wildman–Crippen MR) is 84.4 cm³/mol. The maximum Gasteiger partial charge on any atom is 0.433 e. The lowest BCUT2D eigenvalue weighted by atomic mass is 10.1. The number of rotatable bonds is 5. The van der Waals surface area contributed by atoms with Gasteiger partial charge in [0.15, 0.2) is 11.5 Å². The Labute approximate surface area is 141 Å². The number of hydrogen-bond acceptors (Lipinski definition) is 5. The number of aromatic nitrogens is 2. The van der Waals surface area contributed by atoms with Gasteiger partial charge in [-0.05, 0) is 29.3 Å². The van der Waals surface area contributed by atoms with Crippen molar-refractivity contribution >= 4 is 5.95 Å². The summed E-state index contributed by atoms with van der Waals surface area (Å²) in [5.74, 6) is 0.0638. The molecular formula is C17H14F3N3O2. The average Bonchev–Trinajstić information content (AvgIpc) is 3.14. The maximum absolute atomic E-state index is 13.1. The summed E-state index contributed by atoms with van der Waals surface area (Å²) < 4.78 is 44.3. The molecule has 25 heavy (non-hydrogen) atoms. The van der Waals surface area contributed by atoms with E-state index in [0.29, 0.717) is 5.56 Å². The lowest BCUT2D eigenvalue weighted by molar-refractivity contribution is -0.141. The zero-order chi connectivity index (χ0) is 17.9. The first-order valence-corrected chi connectivity index (χ1v) is 7.38. The van der Waals surface area contributed by atoms with E-state index in [4.69, 9.17) is 9.52 Å². The van der Waals surface area contributed by atoms with Gasteiger partial charge in [-0.2, -0.15) is 13.2 Å². The van der Waals surface area contributed by atoms with Gasteiger partial charge in [0, 0.05) is 6.54 Å². The van der Waals surface area contributed by atoms with E-state index in [1.807, 2.05) is 0 Å². The normalized spacial score (nSPS) is 11.5. The van der Waals surface area contributed by atoms with Crippen LogP contribution in [0.4, 0.5) is 19.1 Å². The lowest BCUT2D eigenvalue weighted by Gasteiger charge is -2.11. The highest BCUT2D eigenvalue weighted by atomic mass is 19.4. The Balaban J connectivity index is 1.88. The van der Waals surface area contributed by atoms with Crippen LogP contribution in [0.3, 0.4) is 0 Å². The number of hydrogen-bond donors (Lipinski definition) is 2. The summed E-state index contributed by atoms with van der Waals surface area (Å²) in [6, 6.07) is 11.0. The summed E-state index contributed by atoms with van der Waals surface area (Å²) in [5.41, 5.74) is 0.479. The van der Waals surface area contributed by atoms with Crippen LogP contribution in [0, 0.1) is 0 Å². The first-order valence-electron chi connectivity index (χ1n) is 7.38. The smallest absolute Gasteiger partial charge is 0.433 e. The fourth-order valence-electron chi connectivity index (χ4n) is 2.24. The molecule has 5 nitrogen and oxygen atoms in total. The van der Waals surface area contributed by atoms with Gasteiger partial charge in [0.05, 0.1) is 12.9 Å². The monoisotopic (exact) mass is 349 g/mol. The van der Waals surface area contributed by atoms with Crippen LogP contribution in [0.2, 0.25) is 0 Å². The molecular weight excluding hydrogens is 335 g/mol. The van der Waals surface area contributed by atoms with Crippen molar-refractivity contribution in [3.05, 3.63) is 65.5 Å². The minimum Gasteiger partial charge on any atom is -0.463 e. The van der Waals surface area contributed by atoms with Crippen LogP contribution in [0.25, 0.3) is 11.5 Å². The third kappa shape index (κ3) is 4.16. The van der Waals surface area contributed by atoms with Crippen molar-refractivity contribution in [2.75, 3.05) is 5.32 Å². The van der Waals surface area contributed by atoms with Crippen LogP contribution in [0.1, 0.15) is 16.8 Å². The molecule has 0 saturated heterocycles. The fraction of sp³-hybridized carbons (Fsp3) is 0.176. The molecule has 3 aromatic rings. The fourth-order valence-corrected chi connectivity index (χ4v) is 2.24. The Morgan fingerprint density at radius 1 is 1.04 bits per heavy atom. The number of furan rings is 1. The van der Waals surface area contributed by atoms with E-state index in [9.17, 15) is 13.2 Å². The van der Waals surface area contributed by atoms with E-state index in [-0.39, 0.29) is 30.6 Å². The van der Waals surface area contributed by atoms with Gasteiger partial charge in [0.25, 0.3) is 0 Å². The summed E-state index contributed by atoms with van der Waals surface area (Å²) in [6.45, 7) is 0.100. The van der Waals surface area contributed by atoms with Gasteiger partial charge < -0.3 is 14.8 Å². The van der Waals surface area contributed by atoms with Crippen molar-refractivity contribution in [3.63, 3.8) is 0 Å². The van der Waals surface area contributed by atoms with E-state index < -0.39 is 11.9 Å². The second-order valence-electron chi connectivity index (χ2n) is 5.27. The number of halogens is 3. The lowest BCUT2D eigenvalue weighted by Crippen LogP contribution is -2.12. The van der Waals surface area contributed by atoms with Crippen molar-refractivity contribution in [1.29, 1.82) is 0 Å². The highest BCUT2D eigenvalue weighted by Crippen LogP contribution is 2.31. The van der Waals surface area contributed by atoms with Gasteiger partial charge in [-0.15, -0.1) is 0 Å². The molecule has 8 heteroatoms. The molecule has 0 bridgehead atoms. The minimum atomic E-state index is -4.60. The summed E-state index contributed by atoms with van der Waals surface area (Å²) >= 11 is 0.